The molecule has 0 aliphatic rings. The smallest absolute Gasteiger partial charge is 0.336 e. The second kappa shape index (κ2) is 10.1. The predicted molar refractivity (Wildman–Crippen MR) is 90.1 cm³/mol. The van der Waals surface area contributed by atoms with Crippen LogP contribution in [0.5, 0.6) is 5.75 Å². The monoisotopic (exact) mass is 332 g/mol. The van der Waals surface area contributed by atoms with Crippen molar-refractivity contribution in [3.8, 4) is 11.8 Å². The van der Waals surface area contributed by atoms with Crippen molar-refractivity contribution in [1.29, 1.82) is 5.26 Å². The van der Waals surface area contributed by atoms with Crippen LogP contribution in [0.4, 0.5) is 4.79 Å². The van der Waals surface area contributed by atoms with Crippen molar-refractivity contribution >= 4 is 11.9 Å². The van der Waals surface area contributed by atoms with Gasteiger partial charge in [0.1, 0.15) is 5.75 Å². The average molecular weight is 332 g/mol. The highest BCUT2D eigenvalue weighted by Crippen LogP contribution is 2.13. The number of carbonyl (C=O) groups excluding carboxylic acids is 2. The summed E-state index contributed by atoms with van der Waals surface area (Å²) in [5.41, 5.74) is 5.26. The fourth-order valence-corrected chi connectivity index (χ4v) is 1.91. The van der Waals surface area contributed by atoms with E-state index >= 15 is 0 Å². The largest absolute Gasteiger partial charge is 0.481 e. The summed E-state index contributed by atoms with van der Waals surface area (Å²) in [5, 5.41) is 8.74. The van der Waals surface area contributed by atoms with Crippen molar-refractivity contribution in [2.45, 2.75) is 39.7 Å². The maximum atomic E-state index is 12.0. The Balaban J connectivity index is 2.45. The maximum Gasteiger partial charge on any atom is 0.336 e. The molecule has 0 aromatic heterocycles. The number of benzene rings is 1. The zero-order chi connectivity index (χ0) is 17.9. The van der Waals surface area contributed by atoms with E-state index in [9.17, 15) is 9.59 Å². The molecular formula is C17H24N4O3. The van der Waals surface area contributed by atoms with E-state index in [2.05, 4.69) is 17.8 Å². The highest BCUT2D eigenvalue weighted by atomic mass is 16.5. The SMILES string of the molecule is CCCCN(CC)C(=O)NNC(=O)C(C)Oc1ccc(C#N)cc1. The molecule has 0 radical (unpaired) electrons. The van der Waals surface area contributed by atoms with Gasteiger partial charge < -0.3 is 9.64 Å². The second-order valence-electron chi connectivity index (χ2n) is 5.25. The van der Waals surface area contributed by atoms with E-state index < -0.39 is 12.0 Å². The van der Waals surface area contributed by atoms with Gasteiger partial charge in [-0.25, -0.2) is 10.2 Å². The van der Waals surface area contributed by atoms with Crippen molar-refractivity contribution in [3.63, 3.8) is 0 Å². The van der Waals surface area contributed by atoms with E-state index in [1.54, 1.807) is 36.1 Å². The van der Waals surface area contributed by atoms with Crippen molar-refractivity contribution in [3.05, 3.63) is 29.8 Å². The normalized spacial score (nSPS) is 11.1. The first-order chi connectivity index (χ1) is 11.5. The van der Waals surface area contributed by atoms with Crippen molar-refractivity contribution < 1.29 is 14.3 Å². The summed E-state index contributed by atoms with van der Waals surface area (Å²) in [6.07, 6.45) is 1.11. The van der Waals surface area contributed by atoms with Crippen LogP contribution in [0.1, 0.15) is 39.2 Å². The summed E-state index contributed by atoms with van der Waals surface area (Å²) < 4.78 is 5.47. The minimum absolute atomic E-state index is 0.343. The van der Waals surface area contributed by atoms with Gasteiger partial charge in [-0.3, -0.25) is 10.2 Å². The molecule has 1 rings (SSSR count). The minimum atomic E-state index is -0.788. The van der Waals surface area contributed by atoms with Crippen LogP contribution in [0.2, 0.25) is 0 Å². The molecule has 1 aromatic rings. The van der Waals surface area contributed by atoms with E-state index in [4.69, 9.17) is 10.00 Å². The molecule has 3 amide bonds. The standard InChI is InChI=1S/C17H24N4O3/c1-4-6-11-21(5-2)17(23)20-19-16(22)13(3)24-15-9-7-14(12-18)8-10-15/h7-10,13H,4-6,11H2,1-3H3,(H,19,22)(H,20,23). The molecule has 0 heterocycles. The van der Waals surface area contributed by atoms with E-state index in [0.29, 0.717) is 24.4 Å². The summed E-state index contributed by atoms with van der Waals surface area (Å²) >= 11 is 0. The van der Waals surface area contributed by atoms with Gasteiger partial charge in [-0.2, -0.15) is 5.26 Å². The van der Waals surface area contributed by atoms with Crippen LogP contribution < -0.4 is 15.6 Å². The summed E-state index contributed by atoms with van der Waals surface area (Å²) in [4.78, 5) is 25.6. The molecule has 0 bridgehead atoms. The zero-order valence-corrected chi connectivity index (χ0v) is 14.3. The topological polar surface area (TPSA) is 94.5 Å². The van der Waals surface area contributed by atoms with Crippen molar-refractivity contribution in [2.24, 2.45) is 0 Å². The van der Waals surface area contributed by atoms with E-state index in [0.717, 1.165) is 12.8 Å². The number of hydrogen-bond donors (Lipinski definition) is 2. The Bertz CT molecular complexity index is 580. The molecule has 2 N–H and O–H groups in total. The van der Waals surface area contributed by atoms with Crippen LogP contribution in [-0.2, 0) is 4.79 Å². The molecule has 130 valence electrons. The second-order valence-corrected chi connectivity index (χ2v) is 5.25. The fourth-order valence-electron chi connectivity index (χ4n) is 1.91. The number of carbonyl (C=O) groups is 2. The highest BCUT2D eigenvalue weighted by Gasteiger charge is 2.17. The number of nitrogens with one attached hydrogen (secondary N) is 2. The van der Waals surface area contributed by atoms with Gasteiger partial charge in [0.15, 0.2) is 6.10 Å². The van der Waals surface area contributed by atoms with Gasteiger partial charge in [0.05, 0.1) is 11.6 Å². The lowest BCUT2D eigenvalue weighted by Gasteiger charge is -2.22. The quantitative estimate of drug-likeness (QED) is 0.748. The molecular weight excluding hydrogens is 308 g/mol. The van der Waals surface area contributed by atoms with Gasteiger partial charge in [0.25, 0.3) is 5.91 Å². The molecule has 0 saturated heterocycles. The highest BCUT2D eigenvalue weighted by molar-refractivity contribution is 5.84. The Morgan fingerprint density at radius 3 is 2.46 bits per heavy atom. The predicted octanol–water partition coefficient (Wildman–Crippen LogP) is 2.19. The Morgan fingerprint density at radius 2 is 1.92 bits per heavy atom. The summed E-state index contributed by atoms with van der Waals surface area (Å²) in [6.45, 7) is 6.72. The third-order valence-electron chi connectivity index (χ3n) is 3.41. The van der Waals surface area contributed by atoms with E-state index in [1.165, 1.54) is 0 Å². The Kier molecular flexibility index (Phi) is 8.13. The summed E-state index contributed by atoms with van der Waals surface area (Å²) in [7, 11) is 0. The number of unbranched alkanes of at least 4 members (excludes halogenated alkanes) is 1. The molecule has 1 atom stereocenters. The number of hydrazine groups is 1. The van der Waals surface area contributed by atoms with E-state index in [-0.39, 0.29) is 6.03 Å². The van der Waals surface area contributed by atoms with Gasteiger partial charge >= 0.3 is 6.03 Å². The number of nitriles is 1. The molecule has 0 saturated carbocycles. The van der Waals surface area contributed by atoms with E-state index in [1.807, 2.05) is 13.0 Å². The van der Waals surface area contributed by atoms with Crippen LogP contribution >= 0.6 is 0 Å². The van der Waals surface area contributed by atoms with Gasteiger partial charge in [-0.1, -0.05) is 13.3 Å². The number of ether oxygens (including phenoxy) is 1. The zero-order valence-electron chi connectivity index (χ0n) is 14.3. The van der Waals surface area contributed by atoms with Crippen LogP contribution in [-0.4, -0.2) is 36.0 Å². The number of nitrogens with zero attached hydrogens (tertiary/aromatic N) is 2. The van der Waals surface area contributed by atoms with Gasteiger partial charge in [-0.15, -0.1) is 0 Å². The fraction of sp³-hybridized carbons (Fsp3) is 0.471. The molecule has 0 aliphatic heterocycles. The molecule has 7 nitrogen and oxygen atoms in total. The van der Waals surface area contributed by atoms with Gasteiger partial charge in [0, 0.05) is 13.1 Å². The molecule has 0 aliphatic carbocycles. The maximum absolute atomic E-state index is 12.0. The molecule has 1 unspecified atom stereocenters. The minimum Gasteiger partial charge on any atom is -0.481 e. The van der Waals surface area contributed by atoms with Crippen LogP contribution in [0.25, 0.3) is 0 Å². The lowest BCUT2D eigenvalue weighted by atomic mass is 10.2. The number of urea groups is 1. The summed E-state index contributed by atoms with van der Waals surface area (Å²) in [6, 6.07) is 8.11. The van der Waals surface area contributed by atoms with Crippen LogP contribution in [0, 0.1) is 11.3 Å². The van der Waals surface area contributed by atoms with Crippen molar-refractivity contribution in [2.75, 3.05) is 13.1 Å². The number of amides is 3. The lowest BCUT2D eigenvalue weighted by Crippen LogP contribution is -2.52. The van der Waals surface area contributed by atoms with Crippen LogP contribution in [0.3, 0.4) is 0 Å². The molecule has 24 heavy (non-hydrogen) atoms. The third-order valence-corrected chi connectivity index (χ3v) is 3.41. The number of rotatable bonds is 7. The Hall–Kier alpha value is -2.75. The number of hydrogen-bond acceptors (Lipinski definition) is 4. The molecule has 0 spiro atoms. The summed E-state index contributed by atoms with van der Waals surface area (Å²) in [5.74, 6) is 0.0142. The first kappa shape index (κ1) is 19.3. The molecule has 1 aromatic carbocycles. The third kappa shape index (κ3) is 6.16. The first-order valence-electron chi connectivity index (χ1n) is 8.03. The first-order valence-corrected chi connectivity index (χ1v) is 8.03. The Labute approximate surface area is 142 Å². The molecule has 7 heteroatoms. The van der Waals surface area contributed by atoms with Crippen LogP contribution in [0.15, 0.2) is 24.3 Å². The lowest BCUT2D eigenvalue weighted by molar-refractivity contribution is -0.128. The Morgan fingerprint density at radius 1 is 1.25 bits per heavy atom. The van der Waals surface area contributed by atoms with Gasteiger partial charge in [0.2, 0.25) is 0 Å². The molecule has 0 fully saturated rings. The van der Waals surface area contributed by atoms with Crippen molar-refractivity contribution in [1.82, 2.24) is 15.8 Å². The van der Waals surface area contributed by atoms with Gasteiger partial charge in [-0.05, 0) is 44.5 Å². The average Bonchev–Trinajstić information content (AvgIpc) is 2.60.